The molecule has 144 valence electrons. The minimum Gasteiger partial charge on any atom is -0.304 e. The van der Waals surface area contributed by atoms with Gasteiger partial charge in [0.05, 0.1) is 17.0 Å². The fourth-order valence-electron chi connectivity index (χ4n) is 2.79. The predicted molar refractivity (Wildman–Crippen MR) is 108 cm³/mol. The van der Waals surface area contributed by atoms with Crippen LogP contribution in [-0.2, 0) is 11.2 Å². The Bertz CT molecular complexity index is 1040. The van der Waals surface area contributed by atoms with Crippen LogP contribution in [0.3, 0.4) is 0 Å². The molecule has 0 aliphatic carbocycles. The van der Waals surface area contributed by atoms with Gasteiger partial charge < -0.3 is 5.41 Å². The van der Waals surface area contributed by atoms with Crippen LogP contribution in [-0.4, -0.2) is 23.7 Å². The Kier molecular flexibility index (Phi) is 5.65. The third-order valence-electron chi connectivity index (χ3n) is 4.34. The lowest BCUT2D eigenvalue weighted by atomic mass is 10.0. The molecule has 0 bridgehead atoms. The van der Waals surface area contributed by atoms with Gasteiger partial charge in [0.1, 0.15) is 11.6 Å². The van der Waals surface area contributed by atoms with Crippen molar-refractivity contribution in [1.82, 2.24) is 4.98 Å². The summed E-state index contributed by atoms with van der Waals surface area (Å²) in [7, 11) is 1.65. The van der Waals surface area contributed by atoms with Gasteiger partial charge in [-0.1, -0.05) is 35.6 Å². The third kappa shape index (κ3) is 4.14. The summed E-state index contributed by atoms with van der Waals surface area (Å²) >= 11 is 1.31. The van der Waals surface area contributed by atoms with Gasteiger partial charge in [-0.25, -0.2) is 13.8 Å². The summed E-state index contributed by atoms with van der Waals surface area (Å²) in [5, 5.41) is 8.30. The second-order valence-corrected chi connectivity index (χ2v) is 7.46. The predicted octanol–water partition coefficient (Wildman–Crippen LogP) is 4.99. The first-order valence-electron chi connectivity index (χ1n) is 8.60. The Balaban J connectivity index is 1.75. The number of likely N-dealkylation sites (N-methyl/N-ethyl adjacent to an activating group) is 1. The number of carbonyl (C=O) groups is 1. The quantitative estimate of drug-likeness (QED) is 0.615. The van der Waals surface area contributed by atoms with Crippen molar-refractivity contribution < 1.29 is 13.6 Å². The van der Waals surface area contributed by atoms with Crippen molar-refractivity contribution in [2.75, 3.05) is 11.9 Å². The number of halogens is 2. The molecule has 0 atom stereocenters. The van der Waals surface area contributed by atoms with Crippen molar-refractivity contribution in [2.24, 2.45) is 0 Å². The van der Waals surface area contributed by atoms with E-state index in [4.69, 9.17) is 5.41 Å². The molecular formula is C21H19F2N3OS. The summed E-state index contributed by atoms with van der Waals surface area (Å²) < 4.78 is 27.3. The van der Waals surface area contributed by atoms with E-state index in [2.05, 4.69) is 4.98 Å². The van der Waals surface area contributed by atoms with Crippen LogP contribution in [0.5, 0.6) is 0 Å². The summed E-state index contributed by atoms with van der Waals surface area (Å²) in [4.78, 5) is 19.2. The number of thiazole rings is 1. The Morgan fingerprint density at radius 3 is 2.46 bits per heavy atom. The van der Waals surface area contributed by atoms with Crippen molar-refractivity contribution in [1.29, 1.82) is 5.41 Å². The van der Waals surface area contributed by atoms with E-state index >= 15 is 0 Å². The highest BCUT2D eigenvalue weighted by Crippen LogP contribution is 2.27. The molecule has 0 unspecified atom stereocenters. The van der Waals surface area contributed by atoms with E-state index in [1.165, 1.54) is 16.2 Å². The number of nitrogens with zero attached hydrogens (tertiary/aromatic N) is 2. The molecule has 1 aromatic heterocycles. The zero-order valence-electron chi connectivity index (χ0n) is 15.7. The molecule has 7 heteroatoms. The van der Waals surface area contributed by atoms with Gasteiger partial charge >= 0.3 is 0 Å². The number of benzene rings is 2. The first-order valence-corrected chi connectivity index (χ1v) is 9.41. The van der Waals surface area contributed by atoms with Crippen molar-refractivity contribution >= 4 is 28.1 Å². The normalized spacial score (nSPS) is 10.8. The number of amides is 1. The molecule has 4 nitrogen and oxygen atoms in total. The molecule has 0 saturated carbocycles. The van der Waals surface area contributed by atoms with Gasteiger partial charge in [0.2, 0.25) is 5.91 Å². The van der Waals surface area contributed by atoms with Crippen LogP contribution in [0.1, 0.15) is 23.1 Å². The number of carbonyl (C=O) groups excluding carboxylic acids is 1. The average molecular weight is 399 g/mol. The van der Waals surface area contributed by atoms with E-state index < -0.39 is 11.6 Å². The van der Waals surface area contributed by atoms with E-state index in [1.807, 2.05) is 6.92 Å². The lowest BCUT2D eigenvalue weighted by molar-refractivity contribution is -0.117. The molecule has 0 fully saturated rings. The number of hydrogen-bond donors (Lipinski definition) is 1. The fraction of sp³-hybridized carbons (Fsp3) is 0.190. The van der Waals surface area contributed by atoms with Crippen LogP contribution < -0.4 is 4.90 Å². The average Bonchev–Trinajstić information content (AvgIpc) is 3.05. The Morgan fingerprint density at radius 1 is 1.18 bits per heavy atom. The first-order chi connectivity index (χ1) is 13.3. The van der Waals surface area contributed by atoms with Gasteiger partial charge in [-0.05, 0) is 43.2 Å². The zero-order chi connectivity index (χ0) is 20.4. The second kappa shape index (κ2) is 7.98. The highest BCUT2D eigenvalue weighted by Gasteiger charge is 2.18. The van der Waals surface area contributed by atoms with Crippen LogP contribution in [0.15, 0.2) is 42.5 Å². The number of hydrogen-bond acceptors (Lipinski definition) is 4. The van der Waals surface area contributed by atoms with Crippen LogP contribution in [0.2, 0.25) is 0 Å². The molecule has 1 heterocycles. The van der Waals surface area contributed by atoms with Crippen LogP contribution in [0, 0.1) is 24.0 Å². The van der Waals surface area contributed by atoms with Gasteiger partial charge in [0, 0.05) is 18.3 Å². The highest BCUT2D eigenvalue weighted by molar-refractivity contribution is 7.17. The SMILES string of the molecule is CC(=N)c1sc(N(C)C(=O)Cc2ccc(-c3cc(F)ccc3F)cc2)nc1C. The molecule has 0 saturated heterocycles. The largest absolute Gasteiger partial charge is 0.304 e. The molecular weight excluding hydrogens is 380 g/mol. The summed E-state index contributed by atoms with van der Waals surface area (Å²) in [6.45, 7) is 3.51. The summed E-state index contributed by atoms with van der Waals surface area (Å²) in [6.07, 6.45) is 0.153. The maximum atomic E-state index is 13.9. The van der Waals surface area contributed by atoms with E-state index in [9.17, 15) is 13.6 Å². The Hall–Kier alpha value is -2.93. The van der Waals surface area contributed by atoms with E-state index in [0.717, 1.165) is 34.3 Å². The minimum atomic E-state index is -0.504. The Morgan fingerprint density at radius 2 is 1.86 bits per heavy atom. The molecule has 0 aliphatic heterocycles. The van der Waals surface area contributed by atoms with Gasteiger partial charge in [-0.3, -0.25) is 9.69 Å². The molecule has 0 spiro atoms. The van der Waals surface area contributed by atoms with Gasteiger partial charge in [-0.2, -0.15) is 0 Å². The van der Waals surface area contributed by atoms with E-state index in [-0.39, 0.29) is 17.9 Å². The zero-order valence-corrected chi connectivity index (χ0v) is 16.5. The molecule has 3 aromatic rings. The number of aryl methyl sites for hydroxylation is 1. The molecule has 1 amide bonds. The van der Waals surface area contributed by atoms with E-state index in [0.29, 0.717) is 16.4 Å². The number of nitrogens with one attached hydrogen (secondary N) is 1. The highest BCUT2D eigenvalue weighted by atomic mass is 32.1. The monoisotopic (exact) mass is 399 g/mol. The topological polar surface area (TPSA) is 57.1 Å². The maximum absolute atomic E-state index is 13.9. The second-order valence-electron chi connectivity index (χ2n) is 6.49. The number of rotatable bonds is 5. The maximum Gasteiger partial charge on any atom is 0.232 e. The fourth-order valence-corrected chi connectivity index (χ4v) is 3.74. The smallest absolute Gasteiger partial charge is 0.232 e. The molecule has 28 heavy (non-hydrogen) atoms. The van der Waals surface area contributed by atoms with Crippen molar-refractivity contribution in [3.8, 4) is 11.1 Å². The summed E-state index contributed by atoms with van der Waals surface area (Å²) in [5.41, 5.74) is 2.64. The van der Waals surface area contributed by atoms with Gasteiger partial charge in [0.15, 0.2) is 5.13 Å². The van der Waals surface area contributed by atoms with Crippen molar-refractivity contribution in [2.45, 2.75) is 20.3 Å². The van der Waals surface area contributed by atoms with Crippen LogP contribution >= 0.6 is 11.3 Å². The van der Waals surface area contributed by atoms with E-state index in [1.54, 1.807) is 38.2 Å². The van der Waals surface area contributed by atoms with Gasteiger partial charge in [0.25, 0.3) is 0 Å². The Labute approximate surface area is 166 Å². The number of aromatic nitrogens is 1. The molecule has 1 N–H and O–H groups in total. The summed E-state index contributed by atoms with van der Waals surface area (Å²) in [6, 6.07) is 10.1. The first kappa shape index (κ1) is 19.8. The standard InChI is InChI=1S/C21H19F2N3OS/c1-12(24)20-13(2)25-21(28-20)26(3)19(27)10-14-4-6-15(7-5-14)17-11-16(22)8-9-18(17)23/h4-9,11,24H,10H2,1-3H3. The molecule has 2 aromatic carbocycles. The summed E-state index contributed by atoms with van der Waals surface area (Å²) in [5.74, 6) is -1.15. The lowest BCUT2D eigenvalue weighted by Crippen LogP contribution is -2.27. The molecule has 0 aliphatic rings. The van der Waals surface area contributed by atoms with Crippen molar-refractivity contribution in [3.63, 3.8) is 0 Å². The van der Waals surface area contributed by atoms with Crippen LogP contribution in [0.4, 0.5) is 13.9 Å². The van der Waals surface area contributed by atoms with Crippen LogP contribution in [0.25, 0.3) is 11.1 Å². The number of anilines is 1. The molecule has 3 rings (SSSR count). The molecule has 0 radical (unpaired) electrons. The minimum absolute atomic E-state index is 0.146. The van der Waals surface area contributed by atoms with Gasteiger partial charge in [-0.15, -0.1) is 0 Å². The third-order valence-corrected chi connectivity index (χ3v) is 5.69. The lowest BCUT2D eigenvalue weighted by Gasteiger charge is -2.14. The van der Waals surface area contributed by atoms with Crippen molar-refractivity contribution in [3.05, 3.63) is 70.2 Å².